The number of ketones is 1. The normalized spacial score (nSPS) is 13.6. The lowest BCUT2D eigenvalue weighted by Crippen LogP contribution is -2.40. The Morgan fingerprint density at radius 2 is 1.82 bits per heavy atom. The van der Waals surface area contributed by atoms with E-state index in [1.807, 2.05) is 12.1 Å². The third-order valence-corrected chi connectivity index (χ3v) is 5.61. The van der Waals surface area contributed by atoms with Crippen LogP contribution in [0, 0.1) is 0 Å². The first kappa shape index (κ1) is 18.8. The predicted molar refractivity (Wildman–Crippen MR) is 110 cm³/mol. The molecule has 2 heterocycles. The van der Waals surface area contributed by atoms with Crippen molar-refractivity contribution in [3.05, 3.63) is 71.1 Å². The molecule has 0 bridgehead atoms. The molecule has 2 aromatic carbocycles. The van der Waals surface area contributed by atoms with E-state index in [1.54, 1.807) is 31.4 Å². The minimum absolute atomic E-state index is 0.0978. The summed E-state index contributed by atoms with van der Waals surface area (Å²) in [5.41, 5.74) is 2.99. The van der Waals surface area contributed by atoms with Crippen molar-refractivity contribution >= 4 is 17.4 Å². The van der Waals surface area contributed by atoms with Gasteiger partial charge in [0.05, 0.1) is 13.7 Å². The highest BCUT2D eigenvalue weighted by molar-refractivity contribution is 6.30. The predicted octanol–water partition coefficient (Wildman–Crippen LogP) is 4.71. The Morgan fingerprint density at radius 3 is 2.54 bits per heavy atom. The SMILES string of the molecule is COc1ccc(-c2c[n+](CC(=O)c3ccc(Cl)cc3)c3n2CCCCC3)cc1. The number of aromatic nitrogens is 2. The molecular weight excluding hydrogens is 372 g/mol. The fourth-order valence-electron chi connectivity index (χ4n) is 3.85. The molecule has 1 aliphatic heterocycles. The second kappa shape index (κ2) is 8.19. The molecule has 0 fully saturated rings. The molecule has 28 heavy (non-hydrogen) atoms. The van der Waals surface area contributed by atoms with Crippen molar-refractivity contribution in [2.75, 3.05) is 7.11 Å². The number of ether oxygens (including phenoxy) is 1. The lowest BCUT2D eigenvalue weighted by atomic mass is 10.1. The van der Waals surface area contributed by atoms with Gasteiger partial charge in [-0.25, -0.2) is 9.13 Å². The van der Waals surface area contributed by atoms with Gasteiger partial charge in [0, 0.05) is 22.6 Å². The van der Waals surface area contributed by atoms with Crippen LogP contribution in [0.15, 0.2) is 54.7 Å². The van der Waals surface area contributed by atoms with Crippen molar-refractivity contribution in [3.63, 3.8) is 0 Å². The number of nitrogens with zero attached hydrogens (tertiary/aromatic N) is 2. The van der Waals surface area contributed by atoms with Crippen LogP contribution in [-0.2, 0) is 19.5 Å². The molecule has 144 valence electrons. The number of halogens is 1. The Morgan fingerprint density at radius 1 is 1.07 bits per heavy atom. The first-order chi connectivity index (χ1) is 13.7. The van der Waals surface area contributed by atoms with Crippen LogP contribution in [0.4, 0.5) is 0 Å². The summed E-state index contributed by atoms with van der Waals surface area (Å²) in [5.74, 6) is 2.17. The quantitative estimate of drug-likeness (QED) is 0.463. The highest BCUT2D eigenvalue weighted by Gasteiger charge is 2.27. The van der Waals surface area contributed by atoms with Crippen molar-refractivity contribution in [1.29, 1.82) is 0 Å². The topological polar surface area (TPSA) is 35.1 Å². The van der Waals surface area contributed by atoms with Crippen LogP contribution in [0.2, 0.25) is 5.02 Å². The number of carbonyl (C=O) groups excluding carboxylic acids is 1. The monoisotopic (exact) mass is 395 g/mol. The molecule has 1 aliphatic rings. The van der Waals surface area contributed by atoms with Gasteiger partial charge >= 0.3 is 0 Å². The lowest BCUT2D eigenvalue weighted by molar-refractivity contribution is -0.690. The van der Waals surface area contributed by atoms with Gasteiger partial charge in [0.25, 0.3) is 5.82 Å². The summed E-state index contributed by atoms with van der Waals surface area (Å²) in [4.78, 5) is 12.8. The molecule has 0 radical (unpaired) electrons. The van der Waals surface area contributed by atoms with Crippen molar-refractivity contribution < 1.29 is 14.1 Å². The van der Waals surface area contributed by atoms with Gasteiger partial charge in [-0.15, -0.1) is 0 Å². The average molecular weight is 396 g/mol. The molecule has 0 saturated carbocycles. The molecule has 0 atom stereocenters. The Kier molecular flexibility index (Phi) is 5.49. The maximum absolute atomic E-state index is 12.8. The summed E-state index contributed by atoms with van der Waals surface area (Å²) in [5, 5.41) is 0.642. The first-order valence-corrected chi connectivity index (χ1v) is 10.1. The van der Waals surface area contributed by atoms with Gasteiger partial charge in [-0.2, -0.15) is 0 Å². The Balaban J connectivity index is 1.69. The van der Waals surface area contributed by atoms with E-state index in [9.17, 15) is 4.79 Å². The minimum atomic E-state index is 0.0978. The molecule has 0 unspecified atom stereocenters. The Hall–Kier alpha value is -2.59. The Bertz CT molecular complexity index is 975. The highest BCUT2D eigenvalue weighted by Crippen LogP contribution is 2.26. The third kappa shape index (κ3) is 3.83. The van der Waals surface area contributed by atoms with Gasteiger partial charge in [0.2, 0.25) is 5.78 Å². The number of Topliss-reactive ketones (excluding diaryl/α,β-unsaturated/α-hetero) is 1. The maximum atomic E-state index is 12.8. The molecule has 0 amide bonds. The highest BCUT2D eigenvalue weighted by atomic mass is 35.5. The molecule has 5 heteroatoms. The molecule has 0 aliphatic carbocycles. The Labute approximate surface area is 170 Å². The van der Waals surface area contributed by atoms with Gasteiger partial charge in [-0.1, -0.05) is 11.6 Å². The zero-order chi connectivity index (χ0) is 19.5. The number of methoxy groups -OCH3 is 1. The van der Waals surface area contributed by atoms with E-state index in [-0.39, 0.29) is 5.78 Å². The molecule has 0 saturated heterocycles. The second-order valence-corrected chi connectivity index (χ2v) is 7.62. The van der Waals surface area contributed by atoms with Crippen LogP contribution in [0.3, 0.4) is 0 Å². The minimum Gasteiger partial charge on any atom is -0.497 e. The van der Waals surface area contributed by atoms with Gasteiger partial charge < -0.3 is 4.74 Å². The molecule has 0 N–H and O–H groups in total. The zero-order valence-electron chi connectivity index (χ0n) is 16.0. The number of carbonyl (C=O) groups is 1. The number of hydrogen-bond acceptors (Lipinski definition) is 2. The lowest BCUT2D eigenvalue weighted by Gasteiger charge is -2.04. The molecular formula is C23H24ClN2O2+. The summed E-state index contributed by atoms with van der Waals surface area (Å²) in [6, 6.07) is 15.2. The van der Waals surface area contributed by atoms with Crippen molar-refractivity contribution in [2.24, 2.45) is 0 Å². The van der Waals surface area contributed by atoms with E-state index in [4.69, 9.17) is 16.3 Å². The van der Waals surface area contributed by atoms with Crippen LogP contribution < -0.4 is 9.30 Å². The van der Waals surface area contributed by atoms with Crippen LogP contribution in [0.5, 0.6) is 5.75 Å². The largest absolute Gasteiger partial charge is 0.497 e. The van der Waals surface area contributed by atoms with Crippen molar-refractivity contribution in [2.45, 2.75) is 38.8 Å². The molecule has 3 aromatic rings. The number of imidazole rings is 1. The van der Waals surface area contributed by atoms with Gasteiger partial charge in [-0.3, -0.25) is 4.79 Å². The zero-order valence-corrected chi connectivity index (χ0v) is 16.8. The van der Waals surface area contributed by atoms with E-state index in [2.05, 4.69) is 27.5 Å². The molecule has 1 aromatic heterocycles. The summed E-state index contributed by atoms with van der Waals surface area (Å²) in [6.07, 6.45) is 6.65. The van der Waals surface area contributed by atoms with Crippen LogP contribution in [0.25, 0.3) is 11.3 Å². The number of hydrogen-bond donors (Lipinski definition) is 0. The second-order valence-electron chi connectivity index (χ2n) is 7.18. The first-order valence-electron chi connectivity index (χ1n) is 9.71. The smallest absolute Gasteiger partial charge is 0.257 e. The van der Waals surface area contributed by atoms with Gasteiger partial charge in [-0.05, 0) is 67.8 Å². The number of rotatable bonds is 5. The van der Waals surface area contributed by atoms with E-state index in [0.717, 1.165) is 42.8 Å². The summed E-state index contributed by atoms with van der Waals surface area (Å²) in [7, 11) is 1.68. The number of benzene rings is 2. The summed E-state index contributed by atoms with van der Waals surface area (Å²) in [6.45, 7) is 1.33. The third-order valence-electron chi connectivity index (χ3n) is 5.36. The molecule has 4 rings (SSSR count). The fourth-order valence-corrected chi connectivity index (χ4v) is 3.98. The van der Waals surface area contributed by atoms with Crippen LogP contribution >= 0.6 is 11.6 Å². The van der Waals surface area contributed by atoms with E-state index >= 15 is 0 Å². The summed E-state index contributed by atoms with van der Waals surface area (Å²) >= 11 is 5.95. The van der Waals surface area contributed by atoms with Crippen LogP contribution in [-0.4, -0.2) is 17.5 Å². The van der Waals surface area contributed by atoms with E-state index < -0.39 is 0 Å². The van der Waals surface area contributed by atoms with Crippen LogP contribution in [0.1, 0.15) is 35.4 Å². The standard InChI is InChI=1S/C23H24ClN2O2/c1-28-20-12-8-17(9-13-20)21-15-25(23-5-3-2-4-14-26(21)23)16-22(27)18-6-10-19(24)11-7-18/h6-13,15H,2-5,14,16H2,1H3/q+1. The molecule has 4 nitrogen and oxygen atoms in total. The van der Waals surface area contributed by atoms with Crippen molar-refractivity contribution in [3.8, 4) is 17.0 Å². The van der Waals surface area contributed by atoms with Gasteiger partial charge in [0.15, 0.2) is 12.2 Å². The van der Waals surface area contributed by atoms with Crippen molar-refractivity contribution in [1.82, 2.24) is 4.57 Å². The summed E-state index contributed by atoms with van der Waals surface area (Å²) < 4.78 is 9.79. The van der Waals surface area contributed by atoms with E-state index in [0.29, 0.717) is 17.1 Å². The maximum Gasteiger partial charge on any atom is 0.257 e. The van der Waals surface area contributed by atoms with Gasteiger partial charge in [0.1, 0.15) is 11.9 Å². The van der Waals surface area contributed by atoms with E-state index in [1.165, 1.54) is 12.2 Å². The number of fused-ring (bicyclic) bond motifs is 1. The fraction of sp³-hybridized carbons (Fsp3) is 0.304. The molecule has 0 spiro atoms. The average Bonchev–Trinajstić information content (AvgIpc) is 2.89.